The topological polar surface area (TPSA) is 46.3 Å². The highest BCUT2D eigenvalue weighted by Crippen LogP contribution is 2.35. The number of aromatic nitrogens is 1. The standard InChI is InChI=1S/C14H9ClFNO2S/c15-12-6-5-11(20-12)13-10(7-18)17-14(19-13)8-1-3-9(16)4-2-8/h1-6,18H,7H2. The first kappa shape index (κ1) is 13.3. The molecule has 0 saturated heterocycles. The number of nitrogens with zero attached hydrogens (tertiary/aromatic N) is 1. The molecule has 0 saturated carbocycles. The number of rotatable bonds is 3. The minimum Gasteiger partial charge on any atom is -0.435 e. The number of thiophene rings is 1. The molecule has 20 heavy (non-hydrogen) atoms. The molecule has 0 spiro atoms. The van der Waals surface area contributed by atoms with Crippen molar-refractivity contribution < 1.29 is 13.9 Å². The molecule has 6 heteroatoms. The first-order valence-corrected chi connectivity index (χ1v) is 6.99. The third kappa shape index (κ3) is 2.47. The number of aliphatic hydroxyl groups is 1. The third-order valence-electron chi connectivity index (χ3n) is 2.74. The van der Waals surface area contributed by atoms with Crippen LogP contribution in [0.25, 0.3) is 22.1 Å². The van der Waals surface area contributed by atoms with Gasteiger partial charge in [0.05, 0.1) is 15.8 Å². The summed E-state index contributed by atoms with van der Waals surface area (Å²) in [6.07, 6.45) is 0. The Morgan fingerprint density at radius 2 is 1.95 bits per heavy atom. The van der Waals surface area contributed by atoms with Gasteiger partial charge in [-0.3, -0.25) is 0 Å². The summed E-state index contributed by atoms with van der Waals surface area (Å²) in [7, 11) is 0. The highest BCUT2D eigenvalue weighted by Gasteiger charge is 2.17. The maximum Gasteiger partial charge on any atom is 0.227 e. The number of hydrogen-bond donors (Lipinski definition) is 1. The second-order valence-electron chi connectivity index (χ2n) is 4.06. The minimum absolute atomic E-state index is 0.241. The van der Waals surface area contributed by atoms with Crippen LogP contribution in [0.1, 0.15) is 5.69 Å². The van der Waals surface area contributed by atoms with Crippen LogP contribution in [-0.4, -0.2) is 10.1 Å². The average Bonchev–Trinajstić information content (AvgIpc) is 3.05. The third-order valence-corrected chi connectivity index (χ3v) is 3.97. The predicted molar refractivity (Wildman–Crippen MR) is 76.1 cm³/mol. The maximum absolute atomic E-state index is 12.9. The van der Waals surface area contributed by atoms with Crippen molar-refractivity contribution in [2.45, 2.75) is 6.61 Å². The number of aliphatic hydroxyl groups excluding tert-OH is 1. The Kier molecular flexibility index (Phi) is 3.56. The molecule has 0 aliphatic carbocycles. The van der Waals surface area contributed by atoms with Crippen LogP contribution in [0.4, 0.5) is 4.39 Å². The molecule has 3 aromatic rings. The Balaban J connectivity index is 2.06. The van der Waals surface area contributed by atoms with Crippen molar-refractivity contribution in [2.24, 2.45) is 0 Å². The van der Waals surface area contributed by atoms with Gasteiger partial charge in [0.25, 0.3) is 0 Å². The number of hydrogen-bond acceptors (Lipinski definition) is 4. The van der Waals surface area contributed by atoms with E-state index in [2.05, 4.69) is 4.98 Å². The van der Waals surface area contributed by atoms with Gasteiger partial charge in [-0.1, -0.05) is 11.6 Å². The van der Waals surface area contributed by atoms with Crippen LogP contribution in [0.3, 0.4) is 0 Å². The van der Waals surface area contributed by atoms with E-state index in [0.717, 1.165) is 4.88 Å². The van der Waals surface area contributed by atoms with Crippen LogP contribution < -0.4 is 0 Å². The first-order valence-electron chi connectivity index (χ1n) is 5.79. The Hall–Kier alpha value is -1.69. The molecule has 0 fully saturated rings. The molecule has 1 aromatic carbocycles. The van der Waals surface area contributed by atoms with Crippen molar-refractivity contribution in [2.75, 3.05) is 0 Å². The van der Waals surface area contributed by atoms with Crippen LogP contribution in [0.15, 0.2) is 40.8 Å². The fraction of sp³-hybridized carbons (Fsp3) is 0.0714. The monoisotopic (exact) mass is 309 g/mol. The molecule has 0 aliphatic rings. The number of halogens is 2. The van der Waals surface area contributed by atoms with E-state index >= 15 is 0 Å². The molecule has 0 aliphatic heterocycles. The summed E-state index contributed by atoms with van der Waals surface area (Å²) in [5.74, 6) is 0.505. The molecule has 1 N–H and O–H groups in total. The first-order chi connectivity index (χ1) is 9.67. The van der Waals surface area contributed by atoms with E-state index in [9.17, 15) is 9.50 Å². The summed E-state index contributed by atoms with van der Waals surface area (Å²) in [5, 5.41) is 9.38. The highest BCUT2D eigenvalue weighted by molar-refractivity contribution is 7.19. The quantitative estimate of drug-likeness (QED) is 0.782. The summed E-state index contributed by atoms with van der Waals surface area (Å²) >= 11 is 7.24. The maximum atomic E-state index is 12.9. The summed E-state index contributed by atoms with van der Waals surface area (Å²) in [6, 6.07) is 9.38. The summed E-state index contributed by atoms with van der Waals surface area (Å²) in [4.78, 5) is 5.03. The predicted octanol–water partition coefficient (Wildman–Crippen LogP) is 4.35. The summed E-state index contributed by atoms with van der Waals surface area (Å²) in [5.41, 5.74) is 1.08. The molecule has 0 bridgehead atoms. The Labute approximate surface area is 123 Å². The van der Waals surface area contributed by atoms with Crippen molar-refractivity contribution in [3.8, 4) is 22.1 Å². The molecule has 0 atom stereocenters. The van der Waals surface area contributed by atoms with Crippen LogP contribution in [0.5, 0.6) is 0 Å². The van der Waals surface area contributed by atoms with E-state index in [1.54, 1.807) is 24.3 Å². The van der Waals surface area contributed by atoms with Gasteiger partial charge in [0.2, 0.25) is 5.89 Å². The van der Waals surface area contributed by atoms with Crippen LogP contribution in [0, 0.1) is 5.82 Å². The lowest BCUT2D eigenvalue weighted by molar-refractivity contribution is 0.277. The van der Waals surface area contributed by atoms with E-state index in [1.807, 2.05) is 0 Å². The van der Waals surface area contributed by atoms with Gasteiger partial charge < -0.3 is 9.52 Å². The number of oxazole rings is 1. The van der Waals surface area contributed by atoms with Crippen LogP contribution >= 0.6 is 22.9 Å². The molecule has 0 unspecified atom stereocenters. The Bertz CT molecular complexity index is 736. The fourth-order valence-electron chi connectivity index (χ4n) is 1.80. The number of benzene rings is 1. The van der Waals surface area contributed by atoms with E-state index < -0.39 is 0 Å². The van der Waals surface area contributed by atoms with Gasteiger partial charge >= 0.3 is 0 Å². The smallest absolute Gasteiger partial charge is 0.227 e. The largest absolute Gasteiger partial charge is 0.435 e. The van der Waals surface area contributed by atoms with Gasteiger partial charge in [0.1, 0.15) is 11.5 Å². The zero-order valence-corrected chi connectivity index (χ0v) is 11.7. The van der Waals surface area contributed by atoms with Crippen molar-refractivity contribution >= 4 is 22.9 Å². The second-order valence-corrected chi connectivity index (χ2v) is 5.78. The van der Waals surface area contributed by atoms with Gasteiger partial charge in [-0.25, -0.2) is 9.37 Å². The lowest BCUT2D eigenvalue weighted by Gasteiger charge is -1.94. The van der Waals surface area contributed by atoms with E-state index in [1.165, 1.54) is 23.5 Å². The fourth-order valence-corrected chi connectivity index (χ4v) is 2.85. The lowest BCUT2D eigenvalue weighted by Crippen LogP contribution is -1.85. The zero-order chi connectivity index (χ0) is 14.1. The van der Waals surface area contributed by atoms with Crippen molar-refractivity contribution in [3.63, 3.8) is 0 Å². The van der Waals surface area contributed by atoms with Gasteiger partial charge in [-0.15, -0.1) is 11.3 Å². The molecule has 2 aromatic heterocycles. The zero-order valence-electron chi connectivity index (χ0n) is 10.1. The normalized spacial score (nSPS) is 10.9. The van der Waals surface area contributed by atoms with E-state index in [0.29, 0.717) is 27.2 Å². The second kappa shape index (κ2) is 5.36. The molecule has 102 valence electrons. The van der Waals surface area contributed by atoms with Gasteiger partial charge in [0, 0.05) is 5.56 Å². The molecule has 0 radical (unpaired) electrons. The molecule has 2 heterocycles. The highest BCUT2D eigenvalue weighted by atomic mass is 35.5. The van der Waals surface area contributed by atoms with Crippen molar-refractivity contribution in [1.29, 1.82) is 0 Å². The lowest BCUT2D eigenvalue weighted by atomic mass is 10.2. The Morgan fingerprint density at radius 3 is 2.55 bits per heavy atom. The van der Waals surface area contributed by atoms with Crippen LogP contribution in [-0.2, 0) is 6.61 Å². The summed E-state index contributed by atoms with van der Waals surface area (Å²) < 4.78 is 19.2. The van der Waals surface area contributed by atoms with Crippen molar-refractivity contribution in [1.82, 2.24) is 4.98 Å². The van der Waals surface area contributed by atoms with Gasteiger partial charge in [0.15, 0.2) is 5.76 Å². The molecular weight excluding hydrogens is 301 g/mol. The summed E-state index contributed by atoms with van der Waals surface area (Å²) in [6.45, 7) is -0.241. The van der Waals surface area contributed by atoms with Gasteiger partial charge in [-0.2, -0.15) is 0 Å². The van der Waals surface area contributed by atoms with Crippen molar-refractivity contribution in [3.05, 3.63) is 52.2 Å². The molecule has 3 rings (SSSR count). The average molecular weight is 310 g/mol. The Morgan fingerprint density at radius 1 is 1.20 bits per heavy atom. The molecule has 0 amide bonds. The van der Waals surface area contributed by atoms with E-state index in [4.69, 9.17) is 16.0 Å². The molecular formula is C14H9ClFNO2S. The van der Waals surface area contributed by atoms with E-state index in [-0.39, 0.29) is 12.4 Å². The SMILES string of the molecule is OCc1nc(-c2ccc(F)cc2)oc1-c1ccc(Cl)s1. The van der Waals surface area contributed by atoms with Gasteiger partial charge in [-0.05, 0) is 36.4 Å². The molecule has 3 nitrogen and oxygen atoms in total. The van der Waals surface area contributed by atoms with Crippen LogP contribution in [0.2, 0.25) is 4.34 Å². The minimum atomic E-state index is -0.326.